The molecule has 0 rings (SSSR count). The molecule has 0 aliphatic heterocycles. The van der Waals surface area contributed by atoms with E-state index in [1.807, 2.05) is 20.0 Å². The van der Waals surface area contributed by atoms with Crippen LogP contribution in [0.4, 0.5) is 0 Å². The summed E-state index contributed by atoms with van der Waals surface area (Å²) in [7, 11) is 0. The highest BCUT2D eigenvalue weighted by atomic mass is 16.5. The summed E-state index contributed by atoms with van der Waals surface area (Å²) in [5.74, 6) is 0.583. The molecule has 0 radical (unpaired) electrons. The maximum atomic E-state index is 9.13. The fourth-order valence-electron chi connectivity index (χ4n) is 5.56. The Balaban J connectivity index is 4.32. The van der Waals surface area contributed by atoms with Crippen LogP contribution in [0.5, 0.6) is 0 Å². The summed E-state index contributed by atoms with van der Waals surface area (Å²) in [6.45, 7) is 11.2. The number of nitrogens with one attached hydrogen (secondary N) is 1. The van der Waals surface area contributed by atoms with Crippen molar-refractivity contribution in [3.05, 3.63) is 36.2 Å². The standard InChI is InChI=1S/C40H78N2O3/c1-5-7-9-11-13-15-17-19-21-23-25-27-29-38(30-28-26-24-22-20-18-16-14-12-10-8-6-2)36-44-37-39(41)35-42-32-34-45-40(3,4)31-33-43/h17,19,24,26,35,38,42-43H,5-16,18,20-23,25,27-34,36-37,41H2,1-4H3/b19-17+,26-24+,39-35-. The van der Waals surface area contributed by atoms with Crippen LogP contribution in [0.3, 0.4) is 0 Å². The van der Waals surface area contributed by atoms with Crippen LogP contribution in [-0.2, 0) is 9.47 Å². The van der Waals surface area contributed by atoms with Crippen LogP contribution in [-0.4, -0.2) is 43.7 Å². The van der Waals surface area contributed by atoms with Crippen molar-refractivity contribution < 1.29 is 14.6 Å². The van der Waals surface area contributed by atoms with E-state index < -0.39 is 0 Å². The molecule has 0 aliphatic carbocycles. The van der Waals surface area contributed by atoms with E-state index in [-0.39, 0.29) is 12.2 Å². The van der Waals surface area contributed by atoms with Gasteiger partial charge in [0.05, 0.1) is 24.5 Å². The van der Waals surface area contributed by atoms with Gasteiger partial charge in [-0.3, -0.25) is 0 Å². The molecule has 1 unspecified atom stereocenters. The fraction of sp³-hybridized carbons (Fsp3) is 0.850. The highest BCUT2D eigenvalue weighted by Gasteiger charge is 2.16. The molecule has 5 nitrogen and oxygen atoms in total. The van der Waals surface area contributed by atoms with Gasteiger partial charge in [0, 0.05) is 26.0 Å². The Bertz CT molecular complexity index is 689. The molecule has 0 heterocycles. The van der Waals surface area contributed by atoms with E-state index in [0.717, 1.165) is 13.0 Å². The lowest BCUT2D eigenvalue weighted by atomic mass is 9.96. The van der Waals surface area contributed by atoms with Crippen molar-refractivity contribution in [3.63, 3.8) is 0 Å². The predicted molar refractivity (Wildman–Crippen MR) is 198 cm³/mol. The van der Waals surface area contributed by atoms with Crippen LogP contribution >= 0.6 is 0 Å². The molecule has 0 bridgehead atoms. The van der Waals surface area contributed by atoms with E-state index in [9.17, 15) is 0 Å². The Hall–Kier alpha value is -1.30. The number of ether oxygens (including phenoxy) is 2. The first-order valence-corrected chi connectivity index (χ1v) is 19.3. The first-order valence-electron chi connectivity index (χ1n) is 19.3. The van der Waals surface area contributed by atoms with Gasteiger partial charge in [-0.1, -0.05) is 122 Å². The van der Waals surface area contributed by atoms with Crippen molar-refractivity contribution in [1.29, 1.82) is 0 Å². The van der Waals surface area contributed by atoms with Crippen LogP contribution < -0.4 is 11.1 Å². The third kappa shape index (κ3) is 33.9. The van der Waals surface area contributed by atoms with Gasteiger partial charge in [0.2, 0.25) is 0 Å². The molecule has 266 valence electrons. The normalized spacial score (nSPS) is 13.4. The van der Waals surface area contributed by atoms with Crippen LogP contribution in [0.15, 0.2) is 36.2 Å². The molecule has 0 spiro atoms. The molecule has 1 atom stereocenters. The number of nitrogens with two attached hydrogens (primary N) is 1. The van der Waals surface area contributed by atoms with Gasteiger partial charge in [0.15, 0.2) is 0 Å². The summed E-state index contributed by atoms with van der Waals surface area (Å²) in [6.07, 6.45) is 41.1. The highest BCUT2D eigenvalue weighted by molar-refractivity contribution is 4.95. The average Bonchev–Trinajstić information content (AvgIpc) is 3.01. The number of aliphatic hydroxyl groups excluding tert-OH is 1. The van der Waals surface area contributed by atoms with Crippen LogP contribution in [0.25, 0.3) is 0 Å². The zero-order valence-corrected chi connectivity index (χ0v) is 30.6. The largest absolute Gasteiger partial charge is 0.399 e. The van der Waals surface area contributed by atoms with Gasteiger partial charge in [0.1, 0.15) is 0 Å². The molecule has 0 saturated carbocycles. The Kier molecular flexibility index (Phi) is 33.1. The summed E-state index contributed by atoms with van der Waals surface area (Å²) in [6, 6.07) is 0. The van der Waals surface area contributed by atoms with Gasteiger partial charge in [-0.05, 0) is 84.0 Å². The molecule has 5 heteroatoms. The second-order valence-corrected chi connectivity index (χ2v) is 13.8. The SMILES string of the molecule is CCCCCCC/C=C/CCCCCC(CC/C=C/CCCCCCCCCC)COC/C(N)=C/NCCOC(C)(C)CCO. The molecule has 0 fully saturated rings. The van der Waals surface area contributed by atoms with Gasteiger partial charge >= 0.3 is 0 Å². The third-order valence-electron chi connectivity index (χ3n) is 8.62. The summed E-state index contributed by atoms with van der Waals surface area (Å²) in [5.41, 5.74) is 6.60. The number of hydrogen-bond acceptors (Lipinski definition) is 5. The number of rotatable bonds is 35. The van der Waals surface area contributed by atoms with Crippen LogP contribution in [0.2, 0.25) is 0 Å². The van der Waals surface area contributed by atoms with Gasteiger partial charge in [0.25, 0.3) is 0 Å². The van der Waals surface area contributed by atoms with Crippen molar-refractivity contribution in [2.24, 2.45) is 11.7 Å². The van der Waals surface area contributed by atoms with Gasteiger partial charge in [-0.2, -0.15) is 0 Å². The molecule has 0 amide bonds. The Labute approximate surface area is 281 Å². The minimum atomic E-state index is -0.309. The Morgan fingerprint density at radius 3 is 1.78 bits per heavy atom. The molecule has 0 aromatic carbocycles. The summed E-state index contributed by atoms with van der Waals surface area (Å²) >= 11 is 0. The zero-order valence-electron chi connectivity index (χ0n) is 30.6. The number of unbranched alkanes of at least 4 members (excludes halogenated alkanes) is 16. The molecule has 0 aromatic rings. The molecule has 4 N–H and O–H groups in total. The zero-order chi connectivity index (χ0) is 33.1. The first kappa shape index (κ1) is 43.7. The smallest absolute Gasteiger partial charge is 0.0875 e. The van der Waals surface area contributed by atoms with Crippen molar-refractivity contribution in [2.75, 3.05) is 33.0 Å². The number of allylic oxidation sites excluding steroid dienone is 4. The maximum Gasteiger partial charge on any atom is 0.0875 e. The Morgan fingerprint density at radius 2 is 1.22 bits per heavy atom. The first-order chi connectivity index (χ1) is 21.9. The second-order valence-electron chi connectivity index (χ2n) is 13.8. The van der Waals surface area contributed by atoms with E-state index in [2.05, 4.69) is 43.5 Å². The maximum absolute atomic E-state index is 9.13. The lowest BCUT2D eigenvalue weighted by molar-refractivity contribution is -0.0300. The molecular formula is C40H78N2O3. The Morgan fingerprint density at radius 1 is 0.711 bits per heavy atom. The van der Waals surface area contributed by atoms with Gasteiger partial charge < -0.3 is 25.6 Å². The van der Waals surface area contributed by atoms with E-state index in [1.54, 1.807) is 0 Å². The lowest BCUT2D eigenvalue weighted by Crippen LogP contribution is -2.29. The minimum Gasteiger partial charge on any atom is -0.399 e. The molecule has 0 saturated heterocycles. The average molecular weight is 635 g/mol. The number of hydrogen-bond donors (Lipinski definition) is 3. The monoisotopic (exact) mass is 635 g/mol. The fourth-order valence-corrected chi connectivity index (χ4v) is 5.56. The van der Waals surface area contributed by atoms with Crippen molar-refractivity contribution >= 4 is 0 Å². The highest BCUT2D eigenvalue weighted by Crippen LogP contribution is 2.19. The minimum absolute atomic E-state index is 0.137. The van der Waals surface area contributed by atoms with E-state index in [0.29, 0.717) is 37.8 Å². The molecular weight excluding hydrogens is 556 g/mol. The number of aliphatic hydroxyl groups is 1. The van der Waals surface area contributed by atoms with E-state index >= 15 is 0 Å². The van der Waals surface area contributed by atoms with E-state index in [4.69, 9.17) is 20.3 Å². The third-order valence-corrected chi connectivity index (χ3v) is 8.62. The van der Waals surface area contributed by atoms with Gasteiger partial charge in [-0.15, -0.1) is 0 Å². The molecule has 0 aliphatic rings. The van der Waals surface area contributed by atoms with Crippen molar-refractivity contribution in [3.8, 4) is 0 Å². The quantitative estimate of drug-likeness (QED) is 0.0477. The summed E-state index contributed by atoms with van der Waals surface area (Å²) in [4.78, 5) is 0. The van der Waals surface area contributed by atoms with Crippen molar-refractivity contribution in [2.45, 2.75) is 181 Å². The molecule has 45 heavy (non-hydrogen) atoms. The molecule has 0 aromatic heterocycles. The van der Waals surface area contributed by atoms with Crippen LogP contribution in [0, 0.1) is 5.92 Å². The topological polar surface area (TPSA) is 76.7 Å². The van der Waals surface area contributed by atoms with Crippen LogP contribution in [0.1, 0.15) is 175 Å². The summed E-state index contributed by atoms with van der Waals surface area (Å²) < 4.78 is 11.9. The summed E-state index contributed by atoms with van der Waals surface area (Å²) in [5, 5.41) is 12.3. The van der Waals surface area contributed by atoms with Gasteiger partial charge in [-0.25, -0.2) is 0 Å². The van der Waals surface area contributed by atoms with E-state index in [1.165, 1.54) is 135 Å². The lowest BCUT2D eigenvalue weighted by Gasteiger charge is -2.24. The second kappa shape index (κ2) is 34.0. The predicted octanol–water partition coefficient (Wildman–Crippen LogP) is 10.9. The van der Waals surface area contributed by atoms with Crippen molar-refractivity contribution in [1.82, 2.24) is 5.32 Å².